The van der Waals surface area contributed by atoms with E-state index in [9.17, 15) is 26.7 Å². The van der Waals surface area contributed by atoms with Gasteiger partial charge in [-0.2, -0.15) is 4.31 Å². The Morgan fingerprint density at radius 1 is 1.10 bits per heavy atom. The molecule has 0 saturated heterocycles. The molecule has 1 amide bonds. The number of ether oxygens (including phenoxy) is 1. The molecule has 3 atom stereocenters. The molecule has 2 heterocycles. The highest BCUT2D eigenvalue weighted by atomic mass is 32.2. The third-order valence-electron chi connectivity index (χ3n) is 6.59. The smallest absolute Gasteiger partial charge is 0.262 e. The van der Waals surface area contributed by atoms with Crippen LogP contribution in [0.5, 0.6) is 5.75 Å². The number of hydrogen-bond acceptors (Lipinski definition) is 8. The standard InChI is InChI=1S/C26H31N3O7S3/c1-18-15-29(19(2)17-30)26(31)21-11-7-12-22(27-38(32,33)20-9-5-4-6-10-20)25(21)36-23(18)16-28(3)39(34,35)24-13-8-14-37-24/h4-14,18-19,23,27,30H,15-17H2,1-3H3/t18-,19-,23-/m0/s1. The lowest BCUT2D eigenvalue weighted by Crippen LogP contribution is -2.50. The van der Waals surface area contributed by atoms with Gasteiger partial charge in [-0.25, -0.2) is 16.8 Å². The monoisotopic (exact) mass is 593 g/mol. The molecule has 1 aliphatic rings. The molecular weight excluding hydrogens is 563 g/mol. The van der Waals surface area contributed by atoms with Crippen molar-refractivity contribution >= 4 is 43.0 Å². The molecule has 10 nitrogen and oxygen atoms in total. The average Bonchev–Trinajstić information content (AvgIpc) is 3.47. The minimum Gasteiger partial charge on any atom is -0.486 e. The largest absolute Gasteiger partial charge is 0.486 e. The molecule has 2 aromatic carbocycles. The zero-order valence-electron chi connectivity index (χ0n) is 21.7. The van der Waals surface area contributed by atoms with Gasteiger partial charge < -0.3 is 14.7 Å². The number of amides is 1. The lowest BCUT2D eigenvalue weighted by Gasteiger charge is -2.38. The summed E-state index contributed by atoms with van der Waals surface area (Å²) in [6.45, 7) is 3.37. The lowest BCUT2D eigenvalue weighted by atomic mass is 9.99. The van der Waals surface area contributed by atoms with Crippen LogP contribution < -0.4 is 9.46 Å². The quantitative estimate of drug-likeness (QED) is 0.390. The van der Waals surface area contributed by atoms with Gasteiger partial charge in [0.25, 0.3) is 26.0 Å². The first-order valence-corrected chi connectivity index (χ1v) is 16.0. The third kappa shape index (κ3) is 6.12. The van der Waals surface area contributed by atoms with Crippen molar-refractivity contribution in [2.45, 2.75) is 35.1 Å². The number of rotatable bonds is 9. The Kier molecular flexibility index (Phi) is 8.66. The highest BCUT2D eigenvalue weighted by Gasteiger charge is 2.36. The van der Waals surface area contributed by atoms with Gasteiger partial charge in [-0.05, 0) is 42.6 Å². The van der Waals surface area contributed by atoms with Crippen LogP contribution in [-0.2, 0) is 20.0 Å². The maximum Gasteiger partial charge on any atom is 0.262 e. The number of benzene rings is 2. The summed E-state index contributed by atoms with van der Waals surface area (Å²) in [5.74, 6) is -0.816. The van der Waals surface area contributed by atoms with Crippen molar-refractivity contribution in [2.24, 2.45) is 5.92 Å². The molecule has 4 rings (SSSR count). The van der Waals surface area contributed by atoms with Crippen LogP contribution in [0, 0.1) is 5.92 Å². The van der Waals surface area contributed by atoms with Gasteiger partial charge in [0, 0.05) is 19.5 Å². The summed E-state index contributed by atoms with van der Waals surface area (Å²) in [6, 6.07) is 15.0. The van der Waals surface area contributed by atoms with E-state index >= 15 is 0 Å². The van der Waals surface area contributed by atoms with Crippen LogP contribution in [0.15, 0.2) is 75.1 Å². The minimum atomic E-state index is -4.03. The first-order chi connectivity index (χ1) is 18.5. The van der Waals surface area contributed by atoms with Crippen LogP contribution in [0.25, 0.3) is 0 Å². The first kappa shape index (κ1) is 29.0. The number of sulfonamides is 2. The van der Waals surface area contributed by atoms with Crippen molar-refractivity contribution in [2.75, 3.05) is 31.5 Å². The Bertz CT molecular complexity index is 1510. The Labute approximate surface area is 232 Å². The summed E-state index contributed by atoms with van der Waals surface area (Å²) in [5, 5.41) is 11.5. The fourth-order valence-corrected chi connectivity index (χ4v) is 7.73. The van der Waals surface area contributed by atoms with Gasteiger partial charge in [0.05, 0.1) is 35.3 Å². The molecule has 0 aliphatic carbocycles. The number of nitrogens with zero attached hydrogens (tertiary/aromatic N) is 2. The molecular formula is C26H31N3O7S3. The third-order valence-corrected chi connectivity index (χ3v) is 11.2. The van der Waals surface area contributed by atoms with E-state index in [1.54, 1.807) is 36.6 Å². The summed E-state index contributed by atoms with van der Waals surface area (Å²) >= 11 is 1.10. The van der Waals surface area contributed by atoms with Crippen molar-refractivity contribution in [1.82, 2.24) is 9.21 Å². The van der Waals surface area contributed by atoms with Gasteiger partial charge >= 0.3 is 0 Å². The van der Waals surface area contributed by atoms with Gasteiger partial charge in [0.1, 0.15) is 10.3 Å². The number of anilines is 1. The van der Waals surface area contributed by atoms with Crippen LogP contribution in [0.3, 0.4) is 0 Å². The van der Waals surface area contributed by atoms with Crippen molar-refractivity contribution in [3.63, 3.8) is 0 Å². The van der Waals surface area contributed by atoms with Gasteiger partial charge in [-0.1, -0.05) is 37.3 Å². The van der Waals surface area contributed by atoms with Crippen LogP contribution in [0.4, 0.5) is 5.69 Å². The van der Waals surface area contributed by atoms with Crippen molar-refractivity contribution < 1.29 is 31.5 Å². The normalized spacial score (nSPS) is 19.1. The molecule has 0 spiro atoms. The maximum absolute atomic E-state index is 13.6. The van der Waals surface area contributed by atoms with Crippen LogP contribution in [0.2, 0.25) is 0 Å². The maximum atomic E-state index is 13.6. The topological polar surface area (TPSA) is 133 Å². The highest BCUT2D eigenvalue weighted by molar-refractivity contribution is 7.92. The van der Waals surface area contributed by atoms with Crippen molar-refractivity contribution in [3.05, 3.63) is 71.6 Å². The van der Waals surface area contributed by atoms with E-state index in [-0.39, 0.29) is 51.7 Å². The molecule has 3 aromatic rings. The van der Waals surface area contributed by atoms with E-state index in [1.165, 1.54) is 52.7 Å². The summed E-state index contributed by atoms with van der Waals surface area (Å²) in [4.78, 5) is 15.2. The number of hydrogen-bond donors (Lipinski definition) is 2. The van der Waals surface area contributed by atoms with E-state index in [0.29, 0.717) is 0 Å². The predicted octanol–water partition coefficient (Wildman–Crippen LogP) is 3.09. The number of carbonyl (C=O) groups excluding carboxylic acids is 1. The Morgan fingerprint density at radius 3 is 2.46 bits per heavy atom. The van der Waals surface area contributed by atoms with Crippen molar-refractivity contribution in [1.29, 1.82) is 0 Å². The summed E-state index contributed by atoms with van der Waals surface area (Å²) in [7, 11) is -6.37. The van der Waals surface area contributed by atoms with Gasteiger partial charge in [-0.3, -0.25) is 9.52 Å². The molecule has 39 heavy (non-hydrogen) atoms. The van der Waals surface area contributed by atoms with Crippen LogP contribution in [0.1, 0.15) is 24.2 Å². The van der Waals surface area contributed by atoms with Gasteiger partial charge in [0.15, 0.2) is 5.75 Å². The molecule has 0 radical (unpaired) electrons. The number of fused-ring (bicyclic) bond motifs is 1. The van der Waals surface area contributed by atoms with Gasteiger partial charge in [-0.15, -0.1) is 11.3 Å². The zero-order chi connectivity index (χ0) is 28.4. The molecule has 0 fully saturated rings. The number of para-hydroxylation sites is 1. The molecule has 2 N–H and O–H groups in total. The van der Waals surface area contributed by atoms with E-state index in [2.05, 4.69) is 4.72 Å². The molecule has 0 unspecified atom stereocenters. The SMILES string of the molecule is C[C@H]1CN([C@@H](C)CO)C(=O)c2cccc(NS(=O)(=O)c3ccccc3)c2O[C@H]1CN(C)S(=O)(=O)c1cccs1. The van der Waals surface area contributed by atoms with Gasteiger partial charge in [0.2, 0.25) is 0 Å². The molecule has 1 aliphatic heterocycles. The highest BCUT2D eigenvalue weighted by Crippen LogP contribution is 2.36. The summed E-state index contributed by atoms with van der Waals surface area (Å²) < 4.78 is 62.8. The lowest BCUT2D eigenvalue weighted by molar-refractivity contribution is 0.0389. The number of thiophene rings is 1. The molecule has 210 valence electrons. The van der Waals surface area contributed by atoms with E-state index in [4.69, 9.17) is 4.74 Å². The Morgan fingerprint density at radius 2 is 1.82 bits per heavy atom. The van der Waals surface area contributed by atoms with Crippen LogP contribution in [-0.4, -0.2) is 75.9 Å². The van der Waals surface area contributed by atoms with E-state index < -0.39 is 38.1 Å². The molecule has 0 bridgehead atoms. The van der Waals surface area contributed by atoms with E-state index in [0.717, 1.165) is 11.3 Å². The van der Waals surface area contributed by atoms with E-state index in [1.807, 2.05) is 6.92 Å². The number of nitrogens with one attached hydrogen (secondary N) is 1. The fraction of sp³-hybridized carbons (Fsp3) is 0.346. The number of aliphatic hydroxyl groups is 1. The molecule has 0 saturated carbocycles. The first-order valence-electron chi connectivity index (χ1n) is 12.2. The van der Waals surface area contributed by atoms with Crippen molar-refractivity contribution in [3.8, 4) is 5.75 Å². The summed E-state index contributed by atoms with van der Waals surface area (Å²) in [5.41, 5.74) is 0.147. The zero-order valence-corrected chi connectivity index (χ0v) is 24.2. The fourth-order valence-electron chi connectivity index (χ4n) is 4.26. The second-order valence-electron chi connectivity index (χ2n) is 9.44. The number of likely N-dealkylation sites (N-methyl/N-ethyl adjacent to an activating group) is 1. The molecule has 1 aromatic heterocycles. The Hall–Kier alpha value is -2.97. The predicted molar refractivity (Wildman–Crippen MR) is 149 cm³/mol. The molecule has 13 heteroatoms. The Balaban J connectivity index is 1.77. The average molecular weight is 594 g/mol. The van der Waals surface area contributed by atoms with Crippen LogP contribution >= 0.6 is 11.3 Å². The minimum absolute atomic E-state index is 0.00406. The number of carbonyl (C=O) groups is 1. The number of aliphatic hydroxyl groups excluding tert-OH is 1. The second-order valence-corrected chi connectivity index (χ2v) is 14.3. The second kappa shape index (κ2) is 11.6. The summed E-state index contributed by atoms with van der Waals surface area (Å²) in [6.07, 6.45) is -0.757.